The summed E-state index contributed by atoms with van der Waals surface area (Å²) in [6, 6.07) is 12.5. The van der Waals surface area contributed by atoms with Crippen molar-refractivity contribution in [1.29, 1.82) is 0 Å². The number of anilines is 3. The van der Waals surface area contributed by atoms with Crippen LogP contribution >= 0.6 is 0 Å². The van der Waals surface area contributed by atoms with E-state index in [2.05, 4.69) is 21.5 Å². The number of carbonyl (C=O) groups is 1. The number of fused-ring (bicyclic) bond motifs is 3. The molecule has 5 aromatic rings. The molecule has 44 heavy (non-hydrogen) atoms. The third-order valence-electron chi connectivity index (χ3n) is 8.39. The second-order valence-corrected chi connectivity index (χ2v) is 14.7. The number of ether oxygens (including phenoxy) is 1. The summed E-state index contributed by atoms with van der Waals surface area (Å²) in [6.07, 6.45) is 8.72. The highest BCUT2D eigenvalue weighted by Crippen LogP contribution is 2.56. The maximum absolute atomic E-state index is 14.0. The molecule has 3 aromatic heterocycles. The lowest BCUT2D eigenvalue weighted by Crippen LogP contribution is -2.37. The van der Waals surface area contributed by atoms with E-state index in [1.807, 2.05) is 53.1 Å². The first-order valence-electron chi connectivity index (χ1n) is 14.6. The van der Waals surface area contributed by atoms with Gasteiger partial charge in [0.25, 0.3) is 0 Å². The average Bonchev–Trinajstić information content (AvgIpc) is 3.27. The Morgan fingerprint density at radius 1 is 1.11 bits per heavy atom. The molecule has 2 aromatic carbocycles. The molecular weight excluding hydrogens is 576 g/mol. The molecule has 0 radical (unpaired) electrons. The van der Waals surface area contributed by atoms with Crippen molar-refractivity contribution in [3.63, 3.8) is 0 Å². The van der Waals surface area contributed by atoms with Gasteiger partial charge in [0.05, 0.1) is 27.4 Å². The van der Waals surface area contributed by atoms with Gasteiger partial charge in [-0.05, 0) is 70.4 Å². The molecule has 7 rings (SSSR count). The van der Waals surface area contributed by atoms with E-state index in [9.17, 15) is 13.2 Å². The molecule has 10 nitrogen and oxygen atoms in total. The molecule has 226 valence electrons. The van der Waals surface area contributed by atoms with Crippen molar-refractivity contribution in [1.82, 2.24) is 19.7 Å². The van der Waals surface area contributed by atoms with Gasteiger partial charge in [0, 0.05) is 65.2 Å². The van der Waals surface area contributed by atoms with Crippen LogP contribution in [0.2, 0.25) is 0 Å². The van der Waals surface area contributed by atoms with Crippen molar-refractivity contribution < 1.29 is 17.9 Å². The minimum Gasteiger partial charge on any atom is -0.443 e. The number of aryl methyl sites for hydroxylation is 2. The highest BCUT2D eigenvalue weighted by Gasteiger charge is 2.54. The fraction of sp³-hybridized carbons (Fsp3) is 0.303. The molecule has 2 aliphatic rings. The van der Waals surface area contributed by atoms with Gasteiger partial charge in [0.2, 0.25) is 9.84 Å². The predicted molar refractivity (Wildman–Crippen MR) is 169 cm³/mol. The van der Waals surface area contributed by atoms with Crippen molar-refractivity contribution >= 4 is 44.0 Å². The molecule has 0 atom stereocenters. The van der Waals surface area contributed by atoms with Gasteiger partial charge in [0.1, 0.15) is 11.4 Å². The van der Waals surface area contributed by atoms with Crippen molar-refractivity contribution in [2.75, 3.05) is 16.8 Å². The van der Waals surface area contributed by atoms with Gasteiger partial charge < -0.3 is 15.0 Å². The van der Waals surface area contributed by atoms with Crippen LogP contribution in [0, 0.1) is 6.92 Å². The molecule has 0 unspecified atom stereocenters. The molecule has 2 N–H and O–H groups in total. The van der Waals surface area contributed by atoms with Gasteiger partial charge in [-0.25, -0.2) is 18.2 Å². The Bertz CT molecular complexity index is 2070. The quantitative estimate of drug-likeness (QED) is 0.229. The minimum atomic E-state index is -3.87. The van der Waals surface area contributed by atoms with Crippen molar-refractivity contribution in [2.45, 2.75) is 61.3 Å². The van der Waals surface area contributed by atoms with E-state index in [4.69, 9.17) is 9.72 Å². The Kier molecular flexibility index (Phi) is 6.19. The largest absolute Gasteiger partial charge is 0.443 e. The third kappa shape index (κ3) is 4.71. The summed E-state index contributed by atoms with van der Waals surface area (Å²) in [4.78, 5) is 23.0. The Balaban J connectivity index is 1.23. The number of H-pyrrole nitrogens is 1. The Labute approximate surface area is 256 Å². The molecule has 1 spiro atoms. The fourth-order valence-corrected chi connectivity index (χ4v) is 7.53. The Hall–Kier alpha value is -4.64. The molecule has 4 heterocycles. The number of hydrogen-bond donors (Lipinski definition) is 2. The van der Waals surface area contributed by atoms with Crippen LogP contribution in [0.3, 0.4) is 0 Å². The standard InChI is InChI=1S/C33H34N6O4S/c1-20-7-6-8-28(29(20)37-22-16-36-38(5)18-22)44(41,42)23-9-10-24-25(17-34-27(24)14-23)21-13-26-30(35-15-21)39(19-33(26)11-12-33)31(40)43-32(2,3)4/h6-10,13-18,34,37H,11-12,19H2,1-5H3. The zero-order chi connectivity index (χ0) is 31.0. The monoisotopic (exact) mass is 610 g/mol. The van der Waals surface area contributed by atoms with E-state index >= 15 is 0 Å². The minimum absolute atomic E-state index is 0.0853. The first-order valence-corrected chi connectivity index (χ1v) is 16.1. The number of rotatable bonds is 5. The van der Waals surface area contributed by atoms with Gasteiger partial charge in [-0.15, -0.1) is 0 Å². The van der Waals surface area contributed by atoms with Gasteiger partial charge in [0.15, 0.2) is 0 Å². The second kappa shape index (κ2) is 9.68. The molecular formula is C33H34N6O4S. The highest BCUT2D eigenvalue weighted by molar-refractivity contribution is 7.91. The van der Waals surface area contributed by atoms with Crippen molar-refractivity contribution in [3.05, 3.63) is 78.4 Å². The summed E-state index contributed by atoms with van der Waals surface area (Å²) < 4.78 is 35.3. The van der Waals surface area contributed by atoms with Gasteiger partial charge in [-0.3, -0.25) is 9.58 Å². The number of para-hydroxylation sites is 1. The molecule has 11 heteroatoms. The van der Waals surface area contributed by atoms with Gasteiger partial charge >= 0.3 is 6.09 Å². The number of nitrogens with zero attached hydrogens (tertiary/aromatic N) is 4. The number of aromatic nitrogens is 4. The van der Waals surface area contributed by atoms with Crippen LogP contribution < -0.4 is 10.2 Å². The normalized spacial score (nSPS) is 15.5. The van der Waals surface area contributed by atoms with E-state index in [1.54, 1.807) is 52.4 Å². The lowest BCUT2D eigenvalue weighted by molar-refractivity contribution is 0.0580. The maximum Gasteiger partial charge on any atom is 0.416 e. The van der Waals surface area contributed by atoms with E-state index in [0.717, 1.165) is 40.5 Å². The number of nitrogens with one attached hydrogen (secondary N) is 2. The van der Waals surface area contributed by atoms with Crippen LogP contribution in [0.25, 0.3) is 22.0 Å². The molecule has 0 saturated heterocycles. The lowest BCUT2D eigenvalue weighted by atomic mass is 9.97. The number of amides is 1. The number of aromatic amines is 1. The van der Waals surface area contributed by atoms with Crippen LogP contribution in [0.5, 0.6) is 0 Å². The zero-order valence-corrected chi connectivity index (χ0v) is 26.1. The van der Waals surface area contributed by atoms with E-state index < -0.39 is 15.4 Å². The van der Waals surface area contributed by atoms with Crippen molar-refractivity contribution in [2.24, 2.45) is 7.05 Å². The van der Waals surface area contributed by atoms with Crippen LogP contribution in [0.4, 0.5) is 22.0 Å². The van der Waals surface area contributed by atoms with E-state index in [-0.39, 0.29) is 21.3 Å². The molecule has 1 aliphatic carbocycles. The highest BCUT2D eigenvalue weighted by atomic mass is 32.2. The first kappa shape index (κ1) is 28.1. The number of pyridine rings is 1. The lowest BCUT2D eigenvalue weighted by Gasteiger charge is -2.24. The predicted octanol–water partition coefficient (Wildman–Crippen LogP) is 6.63. The van der Waals surface area contributed by atoms with Gasteiger partial charge in [-0.2, -0.15) is 5.10 Å². The van der Waals surface area contributed by atoms with Crippen LogP contribution in [0.15, 0.2) is 77.0 Å². The molecule has 1 fully saturated rings. The Morgan fingerprint density at radius 3 is 2.61 bits per heavy atom. The van der Waals surface area contributed by atoms with Crippen molar-refractivity contribution in [3.8, 4) is 11.1 Å². The summed E-state index contributed by atoms with van der Waals surface area (Å²) in [5, 5.41) is 8.31. The van der Waals surface area contributed by atoms with Crippen LogP contribution in [0.1, 0.15) is 44.7 Å². The number of benzene rings is 2. The molecule has 1 aliphatic heterocycles. The summed E-state index contributed by atoms with van der Waals surface area (Å²) in [7, 11) is -2.06. The first-order chi connectivity index (χ1) is 20.8. The number of hydrogen-bond acceptors (Lipinski definition) is 7. The summed E-state index contributed by atoms with van der Waals surface area (Å²) in [5.41, 5.74) is 4.93. The zero-order valence-electron chi connectivity index (χ0n) is 25.3. The van der Waals surface area contributed by atoms with E-state index in [1.165, 1.54) is 0 Å². The summed E-state index contributed by atoms with van der Waals surface area (Å²) in [6.45, 7) is 8.02. The molecule has 1 saturated carbocycles. The number of sulfone groups is 1. The summed E-state index contributed by atoms with van der Waals surface area (Å²) >= 11 is 0. The third-order valence-corrected chi connectivity index (χ3v) is 10.2. The SMILES string of the molecule is Cc1cccc(S(=O)(=O)c2ccc3c(-c4cnc5c(c4)C4(CC4)CN5C(=O)OC(C)(C)C)c[nH]c3c2)c1Nc1cnn(C)c1. The van der Waals surface area contributed by atoms with Crippen LogP contribution in [-0.4, -0.2) is 46.4 Å². The topological polar surface area (TPSA) is 122 Å². The molecule has 1 amide bonds. The number of carbonyl (C=O) groups excluding carboxylic acids is 1. The maximum atomic E-state index is 14.0. The average molecular weight is 611 g/mol. The van der Waals surface area contributed by atoms with E-state index in [0.29, 0.717) is 29.3 Å². The second-order valence-electron chi connectivity index (χ2n) is 12.8. The smallest absolute Gasteiger partial charge is 0.416 e. The Morgan fingerprint density at radius 2 is 1.91 bits per heavy atom. The van der Waals surface area contributed by atoms with Crippen LogP contribution in [-0.2, 0) is 27.0 Å². The van der Waals surface area contributed by atoms with Gasteiger partial charge in [-0.1, -0.05) is 18.2 Å². The summed E-state index contributed by atoms with van der Waals surface area (Å²) in [5.74, 6) is 0.655. The fourth-order valence-electron chi connectivity index (χ4n) is 6.01. The molecule has 0 bridgehead atoms.